The van der Waals surface area contributed by atoms with E-state index in [0.29, 0.717) is 24.5 Å². The molecule has 1 N–H and O–H groups in total. The van der Waals surface area contributed by atoms with E-state index >= 15 is 0 Å². The predicted molar refractivity (Wildman–Crippen MR) is 108 cm³/mol. The number of sulfonamides is 1. The number of hydrogen-bond acceptors (Lipinski definition) is 6. The van der Waals surface area contributed by atoms with Crippen LogP contribution in [0.15, 0.2) is 35.2 Å². The maximum absolute atomic E-state index is 12.9. The van der Waals surface area contributed by atoms with Crippen molar-refractivity contribution in [2.45, 2.75) is 31.1 Å². The summed E-state index contributed by atoms with van der Waals surface area (Å²) in [7, 11) is -0.0517. The third kappa shape index (κ3) is 5.56. The van der Waals surface area contributed by atoms with Crippen LogP contribution in [-0.4, -0.2) is 58.4 Å². The van der Waals surface area contributed by atoms with Crippen molar-refractivity contribution in [3.63, 3.8) is 0 Å². The monoisotopic (exact) mass is 409 g/mol. The summed E-state index contributed by atoms with van der Waals surface area (Å²) in [5, 5.41) is 2.64. The zero-order valence-corrected chi connectivity index (χ0v) is 17.3. The second-order valence-corrected chi connectivity index (χ2v) is 8.63. The fourth-order valence-electron chi connectivity index (χ4n) is 2.93. The smallest absolute Gasteiger partial charge is 0.330 e. The van der Waals surface area contributed by atoms with Crippen LogP contribution < -0.4 is 10.2 Å². The van der Waals surface area contributed by atoms with E-state index in [4.69, 9.17) is 4.74 Å². The largest absolute Gasteiger partial charge is 0.452 e. The Hall–Kier alpha value is -2.39. The van der Waals surface area contributed by atoms with Gasteiger partial charge in [-0.25, -0.2) is 13.2 Å². The first-order chi connectivity index (χ1) is 13.3. The number of esters is 1. The van der Waals surface area contributed by atoms with Crippen LogP contribution in [0.5, 0.6) is 0 Å². The number of piperidine rings is 1. The molecule has 1 fully saturated rings. The van der Waals surface area contributed by atoms with Gasteiger partial charge in [-0.05, 0) is 38.0 Å². The van der Waals surface area contributed by atoms with Gasteiger partial charge in [-0.1, -0.05) is 12.5 Å². The molecule has 1 aromatic carbocycles. The molecule has 0 aromatic heterocycles. The van der Waals surface area contributed by atoms with Crippen molar-refractivity contribution in [3.8, 4) is 0 Å². The molecule has 1 saturated heterocycles. The highest BCUT2D eigenvalue weighted by molar-refractivity contribution is 7.89. The number of carbonyl (C=O) groups excluding carboxylic acids is 2. The van der Waals surface area contributed by atoms with Crippen LogP contribution in [0.4, 0.5) is 11.4 Å². The van der Waals surface area contributed by atoms with Crippen molar-refractivity contribution in [2.75, 3.05) is 44.0 Å². The van der Waals surface area contributed by atoms with Gasteiger partial charge in [0.25, 0.3) is 5.91 Å². The third-order valence-electron chi connectivity index (χ3n) is 4.32. The number of nitrogens with zero attached hydrogens (tertiary/aromatic N) is 2. The minimum atomic E-state index is -3.63. The number of nitrogens with one attached hydrogen (secondary N) is 1. The summed E-state index contributed by atoms with van der Waals surface area (Å²) >= 11 is 0. The van der Waals surface area contributed by atoms with Crippen molar-refractivity contribution < 1.29 is 22.7 Å². The number of hydrogen-bond donors (Lipinski definition) is 1. The number of allylic oxidation sites excluding steroid dienone is 1. The summed E-state index contributed by atoms with van der Waals surface area (Å²) in [5.74, 6) is -1.17. The predicted octanol–water partition coefficient (Wildman–Crippen LogP) is 1.98. The maximum Gasteiger partial charge on any atom is 0.330 e. The number of amides is 1. The fourth-order valence-corrected chi connectivity index (χ4v) is 4.47. The number of rotatable bonds is 7. The van der Waals surface area contributed by atoms with E-state index < -0.39 is 28.5 Å². The topological polar surface area (TPSA) is 96.0 Å². The van der Waals surface area contributed by atoms with E-state index in [9.17, 15) is 18.0 Å². The summed E-state index contributed by atoms with van der Waals surface area (Å²) in [6.07, 6.45) is 5.44. The summed E-state index contributed by atoms with van der Waals surface area (Å²) < 4.78 is 32.1. The molecule has 0 bridgehead atoms. The van der Waals surface area contributed by atoms with E-state index in [1.165, 1.54) is 22.5 Å². The van der Waals surface area contributed by atoms with Gasteiger partial charge in [-0.2, -0.15) is 4.31 Å². The van der Waals surface area contributed by atoms with Crippen molar-refractivity contribution in [1.29, 1.82) is 0 Å². The Morgan fingerprint density at radius 3 is 2.50 bits per heavy atom. The average Bonchev–Trinajstić information content (AvgIpc) is 2.67. The van der Waals surface area contributed by atoms with Crippen LogP contribution in [0.1, 0.15) is 26.2 Å². The number of carbonyl (C=O) groups is 2. The van der Waals surface area contributed by atoms with Gasteiger partial charge in [0.15, 0.2) is 6.61 Å². The Bertz CT molecular complexity index is 843. The van der Waals surface area contributed by atoms with Gasteiger partial charge >= 0.3 is 5.97 Å². The molecule has 1 aromatic rings. The molecule has 0 aliphatic carbocycles. The minimum Gasteiger partial charge on any atom is -0.452 e. The van der Waals surface area contributed by atoms with Crippen LogP contribution in [0, 0.1) is 0 Å². The number of benzene rings is 1. The highest BCUT2D eigenvalue weighted by atomic mass is 32.2. The third-order valence-corrected chi connectivity index (χ3v) is 6.22. The lowest BCUT2D eigenvalue weighted by Gasteiger charge is -2.26. The lowest BCUT2D eigenvalue weighted by Crippen LogP contribution is -2.35. The molecule has 0 radical (unpaired) electrons. The Balaban J connectivity index is 2.23. The summed E-state index contributed by atoms with van der Waals surface area (Å²) in [5.41, 5.74) is 0.987. The minimum absolute atomic E-state index is 0.126. The molecule has 2 rings (SSSR count). The van der Waals surface area contributed by atoms with E-state index in [0.717, 1.165) is 19.3 Å². The van der Waals surface area contributed by atoms with Crippen molar-refractivity contribution in [3.05, 3.63) is 30.4 Å². The van der Waals surface area contributed by atoms with Gasteiger partial charge in [0.2, 0.25) is 10.0 Å². The SMILES string of the molecule is C/C=C/C(=O)OCC(=O)Nc1cc(S(=O)(=O)N2CCCCC2)ccc1N(C)C. The molecule has 8 nitrogen and oxygen atoms in total. The molecule has 0 saturated carbocycles. The first-order valence-corrected chi connectivity index (χ1v) is 10.6. The van der Waals surface area contributed by atoms with Crippen LogP contribution in [0.3, 0.4) is 0 Å². The molecule has 154 valence electrons. The summed E-state index contributed by atoms with van der Waals surface area (Å²) in [4.78, 5) is 25.4. The molecule has 1 aliphatic heterocycles. The van der Waals surface area contributed by atoms with Crippen molar-refractivity contribution in [1.82, 2.24) is 4.31 Å². The van der Waals surface area contributed by atoms with Gasteiger partial charge in [-0.3, -0.25) is 4.79 Å². The molecule has 0 unspecified atom stereocenters. The second kappa shape index (κ2) is 9.70. The lowest BCUT2D eigenvalue weighted by molar-refractivity contribution is -0.142. The van der Waals surface area contributed by atoms with Gasteiger partial charge in [-0.15, -0.1) is 0 Å². The van der Waals surface area contributed by atoms with E-state index in [-0.39, 0.29) is 4.90 Å². The Morgan fingerprint density at radius 1 is 1.21 bits per heavy atom. The quantitative estimate of drug-likeness (QED) is 0.546. The first kappa shape index (κ1) is 21.9. The average molecular weight is 410 g/mol. The zero-order valence-electron chi connectivity index (χ0n) is 16.5. The van der Waals surface area contributed by atoms with Crippen LogP contribution >= 0.6 is 0 Å². The highest BCUT2D eigenvalue weighted by Crippen LogP contribution is 2.30. The molecule has 0 atom stereocenters. The molecule has 1 amide bonds. The molecule has 1 heterocycles. The van der Waals surface area contributed by atoms with Gasteiger partial charge in [0, 0.05) is 33.3 Å². The Morgan fingerprint density at radius 2 is 1.89 bits per heavy atom. The fraction of sp³-hybridized carbons (Fsp3) is 0.474. The van der Waals surface area contributed by atoms with Gasteiger partial charge in [0.05, 0.1) is 16.3 Å². The first-order valence-electron chi connectivity index (χ1n) is 9.16. The lowest BCUT2D eigenvalue weighted by atomic mass is 10.2. The van der Waals surface area contributed by atoms with Gasteiger partial charge < -0.3 is 15.0 Å². The molecule has 0 spiro atoms. The van der Waals surface area contributed by atoms with Crippen molar-refractivity contribution >= 4 is 33.3 Å². The maximum atomic E-state index is 12.9. The molecule has 1 aliphatic rings. The Labute approximate surface area is 166 Å². The molecular formula is C19H27N3O5S. The standard InChI is InChI=1S/C19H27N3O5S/c1-4-8-19(24)27-14-18(23)20-16-13-15(9-10-17(16)21(2)3)28(25,26)22-11-6-5-7-12-22/h4,8-10,13H,5-7,11-12,14H2,1-3H3,(H,20,23)/b8-4+. The van der Waals surface area contributed by atoms with E-state index in [1.54, 1.807) is 38.1 Å². The number of anilines is 2. The van der Waals surface area contributed by atoms with Crippen LogP contribution in [0.2, 0.25) is 0 Å². The summed E-state index contributed by atoms with van der Waals surface area (Å²) in [6, 6.07) is 4.64. The van der Waals surface area contributed by atoms with E-state index in [2.05, 4.69) is 5.32 Å². The number of ether oxygens (including phenoxy) is 1. The molecular weight excluding hydrogens is 382 g/mol. The highest BCUT2D eigenvalue weighted by Gasteiger charge is 2.27. The zero-order chi connectivity index (χ0) is 20.7. The van der Waals surface area contributed by atoms with Crippen LogP contribution in [-0.2, 0) is 24.3 Å². The van der Waals surface area contributed by atoms with Crippen molar-refractivity contribution in [2.24, 2.45) is 0 Å². The van der Waals surface area contributed by atoms with Crippen LogP contribution in [0.25, 0.3) is 0 Å². The van der Waals surface area contributed by atoms with E-state index in [1.807, 2.05) is 0 Å². The normalized spacial score (nSPS) is 15.4. The molecule has 9 heteroatoms. The van der Waals surface area contributed by atoms with Gasteiger partial charge in [0.1, 0.15) is 0 Å². The molecule has 28 heavy (non-hydrogen) atoms. The summed E-state index contributed by atoms with van der Waals surface area (Å²) in [6.45, 7) is 2.21. The second-order valence-electron chi connectivity index (χ2n) is 6.69. The Kier molecular flexibility index (Phi) is 7.59.